The number of carbonyl (C=O) groups excluding carboxylic acids is 2. The molecule has 2 aromatic carbocycles. The lowest BCUT2D eigenvalue weighted by molar-refractivity contribution is -0.132. The number of imide groups is 1. The Morgan fingerprint density at radius 1 is 1.12 bits per heavy atom. The Balaban J connectivity index is 1.45. The van der Waals surface area contributed by atoms with E-state index in [1.807, 2.05) is 42.5 Å². The van der Waals surface area contributed by atoms with Crippen LogP contribution in [0.1, 0.15) is 17.5 Å². The van der Waals surface area contributed by atoms with Crippen LogP contribution in [-0.2, 0) is 16.8 Å². The molecule has 2 atom stereocenters. The third-order valence-corrected chi connectivity index (χ3v) is 5.00. The highest BCUT2D eigenvalue weighted by Crippen LogP contribution is 2.41. The largest absolute Gasteiger partial charge is 0.491 e. The highest BCUT2D eigenvalue weighted by molar-refractivity contribution is 6.08. The van der Waals surface area contributed by atoms with Crippen molar-refractivity contribution < 1.29 is 19.4 Å². The predicted molar refractivity (Wildman–Crippen MR) is 94.6 cm³/mol. The average molecular weight is 352 g/mol. The normalized spacial score (nSPS) is 22.4. The molecule has 1 heterocycles. The summed E-state index contributed by atoms with van der Waals surface area (Å²) in [5.41, 5.74) is 0.945. The van der Waals surface area contributed by atoms with E-state index in [0.29, 0.717) is 12.2 Å². The molecule has 1 aliphatic heterocycles. The van der Waals surface area contributed by atoms with Gasteiger partial charge in [0.05, 0.1) is 6.54 Å². The number of ether oxygens (including phenoxy) is 1. The molecule has 0 saturated carbocycles. The van der Waals surface area contributed by atoms with E-state index >= 15 is 0 Å². The number of amides is 3. The lowest BCUT2D eigenvalue weighted by Crippen LogP contribution is -2.43. The van der Waals surface area contributed by atoms with Crippen LogP contribution < -0.4 is 10.1 Å². The Hall–Kier alpha value is -2.86. The quantitative estimate of drug-likeness (QED) is 0.805. The number of para-hydroxylation sites is 1. The molecule has 3 amide bonds. The number of aliphatic hydroxyl groups is 1. The van der Waals surface area contributed by atoms with Gasteiger partial charge in [0.2, 0.25) is 0 Å². The van der Waals surface area contributed by atoms with Gasteiger partial charge in [-0.25, -0.2) is 4.79 Å². The number of fused-ring (bicyclic) bond motifs is 2. The van der Waals surface area contributed by atoms with Crippen LogP contribution in [0.15, 0.2) is 54.6 Å². The fourth-order valence-corrected chi connectivity index (χ4v) is 3.73. The van der Waals surface area contributed by atoms with Gasteiger partial charge in [0.15, 0.2) is 0 Å². The lowest BCUT2D eigenvalue weighted by atomic mass is 9.92. The van der Waals surface area contributed by atoms with Crippen LogP contribution in [0.3, 0.4) is 0 Å². The zero-order valence-corrected chi connectivity index (χ0v) is 14.2. The van der Waals surface area contributed by atoms with Crippen LogP contribution in [0.2, 0.25) is 0 Å². The summed E-state index contributed by atoms with van der Waals surface area (Å²) in [6, 6.07) is 16.3. The molecular weight excluding hydrogens is 332 g/mol. The van der Waals surface area contributed by atoms with E-state index in [1.165, 1.54) is 0 Å². The zero-order valence-electron chi connectivity index (χ0n) is 14.2. The molecule has 2 N–H and O–H groups in total. The molecular formula is C20H20N2O4. The van der Waals surface area contributed by atoms with Crippen molar-refractivity contribution in [1.29, 1.82) is 0 Å². The molecule has 6 heteroatoms. The molecule has 0 unspecified atom stereocenters. The van der Waals surface area contributed by atoms with E-state index in [0.717, 1.165) is 22.4 Å². The first-order valence-electron chi connectivity index (χ1n) is 8.68. The van der Waals surface area contributed by atoms with Crippen LogP contribution in [0.5, 0.6) is 5.75 Å². The molecule has 2 aliphatic rings. The van der Waals surface area contributed by atoms with Gasteiger partial charge in [-0.2, -0.15) is 0 Å². The van der Waals surface area contributed by atoms with Gasteiger partial charge in [0, 0.05) is 0 Å². The minimum Gasteiger partial charge on any atom is -0.491 e. The first-order chi connectivity index (χ1) is 12.6. The number of carbonyl (C=O) groups is 2. The van der Waals surface area contributed by atoms with E-state index in [9.17, 15) is 14.7 Å². The summed E-state index contributed by atoms with van der Waals surface area (Å²) < 4.78 is 5.50. The molecule has 0 radical (unpaired) electrons. The summed E-state index contributed by atoms with van der Waals surface area (Å²) in [6.45, 7) is -0.0912. The summed E-state index contributed by atoms with van der Waals surface area (Å²) >= 11 is 0. The van der Waals surface area contributed by atoms with Gasteiger partial charge >= 0.3 is 6.03 Å². The number of aliphatic hydroxyl groups excluding tert-OH is 1. The van der Waals surface area contributed by atoms with Gasteiger partial charge in [-0.15, -0.1) is 0 Å². The average Bonchev–Trinajstić information content (AvgIpc) is 3.15. The van der Waals surface area contributed by atoms with Crippen molar-refractivity contribution in [2.24, 2.45) is 0 Å². The Bertz CT molecular complexity index is 839. The number of hydrogen-bond donors (Lipinski definition) is 2. The highest BCUT2D eigenvalue weighted by Gasteiger charge is 2.55. The molecule has 1 aliphatic carbocycles. The number of nitrogens with one attached hydrogen (secondary N) is 1. The number of aryl methyl sites for hydroxylation is 1. The Morgan fingerprint density at radius 3 is 2.65 bits per heavy atom. The second-order valence-corrected chi connectivity index (χ2v) is 6.69. The van der Waals surface area contributed by atoms with E-state index < -0.39 is 17.7 Å². The lowest BCUT2D eigenvalue weighted by Gasteiger charge is -2.23. The number of β-amino-alcohol motifs (C(OH)–C–C–N with tert-alkyl or cyclic N) is 1. The predicted octanol–water partition coefficient (Wildman–Crippen LogP) is 1.82. The highest BCUT2D eigenvalue weighted by atomic mass is 16.5. The first kappa shape index (κ1) is 16.6. The molecule has 0 bridgehead atoms. The summed E-state index contributed by atoms with van der Waals surface area (Å²) in [6.07, 6.45) is 0.330. The maximum atomic E-state index is 13.0. The van der Waals surface area contributed by atoms with Crippen molar-refractivity contribution in [3.8, 4) is 5.75 Å². The van der Waals surface area contributed by atoms with E-state index in [4.69, 9.17) is 4.74 Å². The number of benzene rings is 2. The van der Waals surface area contributed by atoms with Crippen molar-refractivity contribution in [2.45, 2.75) is 24.5 Å². The number of hydrogen-bond acceptors (Lipinski definition) is 4. The van der Waals surface area contributed by atoms with Crippen molar-refractivity contribution >= 4 is 11.9 Å². The first-order valence-corrected chi connectivity index (χ1v) is 8.68. The minimum absolute atomic E-state index is 0.00462. The van der Waals surface area contributed by atoms with Crippen molar-refractivity contribution in [3.05, 3.63) is 65.7 Å². The summed E-state index contributed by atoms with van der Waals surface area (Å²) in [4.78, 5) is 26.5. The fraction of sp³-hybridized carbons (Fsp3) is 0.300. The van der Waals surface area contributed by atoms with Crippen LogP contribution in [-0.4, -0.2) is 41.2 Å². The second-order valence-electron chi connectivity index (χ2n) is 6.69. The monoisotopic (exact) mass is 352 g/mol. The Morgan fingerprint density at radius 2 is 1.85 bits per heavy atom. The standard InChI is InChI=1S/C20H20N2O4/c23-15(13-26-16-7-2-1-3-8-16)12-22-18(24)20(21-19(22)25)11-10-14-6-4-5-9-17(14)20/h1-9,15,23H,10-13H2,(H,21,25)/t15-,20+/m0/s1. The Kier molecular flexibility index (Phi) is 4.12. The maximum absolute atomic E-state index is 13.0. The van der Waals surface area contributed by atoms with Crippen LogP contribution in [0.25, 0.3) is 0 Å². The van der Waals surface area contributed by atoms with E-state index in [1.54, 1.807) is 12.1 Å². The van der Waals surface area contributed by atoms with Crippen molar-refractivity contribution in [1.82, 2.24) is 10.2 Å². The summed E-state index contributed by atoms with van der Waals surface area (Å²) in [5.74, 6) is 0.330. The molecule has 2 aromatic rings. The van der Waals surface area contributed by atoms with Crippen LogP contribution in [0, 0.1) is 0 Å². The third kappa shape index (κ3) is 2.72. The third-order valence-electron chi connectivity index (χ3n) is 5.00. The SMILES string of the molecule is O=C1N[C@@]2(CCc3ccccc32)C(=O)N1C[C@H](O)COc1ccccc1. The zero-order chi connectivity index (χ0) is 18.1. The summed E-state index contributed by atoms with van der Waals surface area (Å²) in [5, 5.41) is 13.1. The molecule has 26 heavy (non-hydrogen) atoms. The van der Waals surface area contributed by atoms with Crippen molar-refractivity contribution in [2.75, 3.05) is 13.2 Å². The van der Waals surface area contributed by atoms with Gasteiger partial charge in [-0.05, 0) is 36.1 Å². The van der Waals surface area contributed by atoms with E-state index in [2.05, 4.69) is 5.32 Å². The molecule has 4 rings (SSSR count). The van der Waals surface area contributed by atoms with Gasteiger partial charge < -0.3 is 15.2 Å². The number of rotatable bonds is 5. The number of urea groups is 1. The molecule has 134 valence electrons. The van der Waals surface area contributed by atoms with Crippen molar-refractivity contribution in [3.63, 3.8) is 0 Å². The van der Waals surface area contributed by atoms with Gasteiger partial charge in [-0.1, -0.05) is 42.5 Å². The van der Waals surface area contributed by atoms with Crippen LogP contribution in [0.4, 0.5) is 4.79 Å². The molecule has 1 saturated heterocycles. The fourth-order valence-electron chi connectivity index (χ4n) is 3.73. The maximum Gasteiger partial charge on any atom is 0.325 e. The molecule has 1 fully saturated rings. The van der Waals surface area contributed by atoms with Gasteiger partial charge in [0.1, 0.15) is 24.0 Å². The van der Waals surface area contributed by atoms with Gasteiger partial charge in [0.25, 0.3) is 5.91 Å². The van der Waals surface area contributed by atoms with E-state index in [-0.39, 0.29) is 19.1 Å². The molecule has 0 aromatic heterocycles. The second kappa shape index (κ2) is 6.46. The summed E-state index contributed by atoms with van der Waals surface area (Å²) in [7, 11) is 0. The smallest absolute Gasteiger partial charge is 0.325 e. The molecule has 6 nitrogen and oxygen atoms in total. The Labute approximate surface area is 151 Å². The topological polar surface area (TPSA) is 78.9 Å². The minimum atomic E-state index is -0.992. The van der Waals surface area contributed by atoms with Gasteiger partial charge in [-0.3, -0.25) is 9.69 Å². The molecule has 1 spiro atoms. The number of nitrogens with zero attached hydrogens (tertiary/aromatic N) is 1. The van der Waals surface area contributed by atoms with Crippen LogP contribution >= 0.6 is 0 Å².